The summed E-state index contributed by atoms with van der Waals surface area (Å²) in [7, 11) is 1.30. The van der Waals surface area contributed by atoms with Crippen LogP contribution in [-0.2, 0) is 14.3 Å². The molecule has 4 nitrogen and oxygen atoms in total. The molecule has 0 aromatic carbocycles. The summed E-state index contributed by atoms with van der Waals surface area (Å²) in [6, 6.07) is 0. The lowest BCUT2D eigenvalue weighted by Gasteiger charge is -2.09. The van der Waals surface area contributed by atoms with Crippen molar-refractivity contribution in [2.45, 2.75) is 26.2 Å². The Morgan fingerprint density at radius 1 is 1.50 bits per heavy atom. The zero-order valence-electron chi connectivity index (χ0n) is 7.50. The number of nitrogens with two attached hydrogens (primary N) is 1. The monoisotopic (exact) mass is 173 g/mol. The van der Waals surface area contributed by atoms with Crippen LogP contribution in [-0.4, -0.2) is 19.0 Å². The van der Waals surface area contributed by atoms with Gasteiger partial charge in [0.15, 0.2) is 0 Å². The molecule has 2 N–H and O–H groups in total. The van der Waals surface area contributed by atoms with Crippen molar-refractivity contribution >= 4 is 11.9 Å². The fourth-order valence-electron chi connectivity index (χ4n) is 0.978. The average Bonchev–Trinajstić information content (AvgIpc) is 2.03. The first-order chi connectivity index (χ1) is 5.61. The van der Waals surface area contributed by atoms with Crippen molar-refractivity contribution in [2.75, 3.05) is 7.11 Å². The molecule has 1 atom stereocenters. The largest absolute Gasteiger partial charge is 0.469 e. The van der Waals surface area contributed by atoms with Crippen LogP contribution in [0.3, 0.4) is 0 Å². The van der Waals surface area contributed by atoms with E-state index < -0.39 is 5.91 Å². The van der Waals surface area contributed by atoms with Crippen molar-refractivity contribution in [3.8, 4) is 0 Å². The molecule has 0 saturated carbocycles. The van der Waals surface area contributed by atoms with Crippen molar-refractivity contribution in [1.29, 1.82) is 0 Å². The van der Waals surface area contributed by atoms with E-state index in [9.17, 15) is 9.59 Å². The molecule has 0 fully saturated rings. The zero-order valence-corrected chi connectivity index (χ0v) is 7.50. The Kier molecular flexibility index (Phi) is 5.08. The second kappa shape index (κ2) is 5.57. The van der Waals surface area contributed by atoms with Gasteiger partial charge >= 0.3 is 5.97 Å². The Morgan fingerprint density at radius 2 is 2.08 bits per heavy atom. The Labute approximate surface area is 72.1 Å². The summed E-state index contributed by atoms with van der Waals surface area (Å²) in [6.45, 7) is 1.94. The molecule has 0 unspecified atom stereocenters. The van der Waals surface area contributed by atoms with Crippen LogP contribution in [0.2, 0.25) is 0 Å². The summed E-state index contributed by atoms with van der Waals surface area (Å²) in [6.07, 6.45) is 1.58. The lowest BCUT2D eigenvalue weighted by molar-refractivity contribution is -0.143. The fourth-order valence-corrected chi connectivity index (χ4v) is 0.978. The molecule has 0 rings (SSSR count). The number of hydrogen-bond donors (Lipinski definition) is 1. The van der Waals surface area contributed by atoms with Gasteiger partial charge in [0.05, 0.1) is 13.5 Å². The molecule has 0 aliphatic carbocycles. The van der Waals surface area contributed by atoms with E-state index in [-0.39, 0.29) is 18.3 Å². The third kappa shape index (κ3) is 3.95. The summed E-state index contributed by atoms with van der Waals surface area (Å²) in [5.41, 5.74) is 5.08. The number of hydrogen-bond acceptors (Lipinski definition) is 3. The van der Waals surface area contributed by atoms with Crippen LogP contribution in [0.4, 0.5) is 0 Å². The van der Waals surface area contributed by atoms with E-state index in [4.69, 9.17) is 5.73 Å². The summed E-state index contributed by atoms with van der Waals surface area (Å²) in [5, 5.41) is 0. The van der Waals surface area contributed by atoms with E-state index in [1.165, 1.54) is 7.11 Å². The van der Waals surface area contributed by atoms with E-state index >= 15 is 0 Å². The Hall–Kier alpha value is -1.06. The molecule has 12 heavy (non-hydrogen) atoms. The first-order valence-corrected chi connectivity index (χ1v) is 3.98. The molecule has 0 spiro atoms. The maximum atomic E-state index is 10.8. The van der Waals surface area contributed by atoms with Gasteiger partial charge in [-0.05, 0) is 6.42 Å². The lowest BCUT2D eigenvalue weighted by atomic mass is 9.99. The molecule has 0 heterocycles. The van der Waals surface area contributed by atoms with Gasteiger partial charge < -0.3 is 10.5 Å². The minimum Gasteiger partial charge on any atom is -0.469 e. The third-order valence-corrected chi connectivity index (χ3v) is 1.68. The maximum Gasteiger partial charge on any atom is 0.306 e. The van der Waals surface area contributed by atoms with E-state index in [1.807, 2.05) is 6.92 Å². The standard InChI is InChI=1S/C8H15NO3/c1-3-4-6(8(9)11)5-7(10)12-2/h6H,3-5H2,1-2H3,(H2,9,11)/t6-/m0/s1. The summed E-state index contributed by atoms with van der Waals surface area (Å²) in [4.78, 5) is 21.5. The van der Waals surface area contributed by atoms with Gasteiger partial charge in [-0.3, -0.25) is 9.59 Å². The fraction of sp³-hybridized carbons (Fsp3) is 0.750. The third-order valence-electron chi connectivity index (χ3n) is 1.68. The minimum atomic E-state index is -0.428. The Bertz CT molecular complexity index is 166. The van der Waals surface area contributed by atoms with Crippen LogP contribution in [0.25, 0.3) is 0 Å². The molecule has 0 aliphatic rings. The van der Waals surface area contributed by atoms with Gasteiger partial charge in [0.2, 0.25) is 5.91 Å². The smallest absolute Gasteiger partial charge is 0.306 e. The first kappa shape index (κ1) is 10.9. The average molecular weight is 173 g/mol. The molecular formula is C8H15NO3. The van der Waals surface area contributed by atoms with Crippen molar-refractivity contribution in [2.24, 2.45) is 11.7 Å². The van der Waals surface area contributed by atoms with Crippen LogP contribution < -0.4 is 5.73 Å². The highest BCUT2D eigenvalue weighted by atomic mass is 16.5. The molecule has 0 saturated heterocycles. The first-order valence-electron chi connectivity index (χ1n) is 3.98. The van der Waals surface area contributed by atoms with Crippen molar-refractivity contribution in [3.05, 3.63) is 0 Å². The second-order valence-electron chi connectivity index (χ2n) is 2.67. The van der Waals surface area contributed by atoms with Crippen LogP contribution in [0.1, 0.15) is 26.2 Å². The highest BCUT2D eigenvalue weighted by Crippen LogP contribution is 2.10. The topological polar surface area (TPSA) is 69.4 Å². The highest BCUT2D eigenvalue weighted by Gasteiger charge is 2.18. The van der Waals surface area contributed by atoms with Crippen LogP contribution in [0.5, 0.6) is 0 Å². The van der Waals surface area contributed by atoms with E-state index in [0.29, 0.717) is 6.42 Å². The van der Waals surface area contributed by atoms with Crippen LogP contribution >= 0.6 is 0 Å². The molecule has 0 bridgehead atoms. The van der Waals surface area contributed by atoms with Gasteiger partial charge in [-0.25, -0.2) is 0 Å². The minimum absolute atomic E-state index is 0.0969. The molecule has 0 radical (unpaired) electrons. The molecule has 0 aromatic heterocycles. The van der Waals surface area contributed by atoms with Crippen LogP contribution in [0, 0.1) is 5.92 Å². The van der Waals surface area contributed by atoms with Gasteiger partial charge in [0.25, 0.3) is 0 Å². The van der Waals surface area contributed by atoms with Crippen molar-refractivity contribution in [1.82, 2.24) is 0 Å². The van der Waals surface area contributed by atoms with Gasteiger partial charge in [-0.2, -0.15) is 0 Å². The summed E-state index contributed by atoms with van der Waals surface area (Å²) >= 11 is 0. The number of esters is 1. The van der Waals surface area contributed by atoms with Gasteiger partial charge in [0, 0.05) is 5.92 Å². The van der Waals surface area contributed by atoms with Crippen molar-refractivity contribution in [3.63, 3.8) is 0 Å². The Morgan fingerprint density at radius 3 is 2.42 bits per heavy atom. The van der Waals surface area contributed by atoms with Gasteiger partial charge in [-0.15, -0.1) is 0 Å². The SMILES string of the molecule is CCC[C@@H](CC(=O)OC)C(N)=O. The lowest BCUT2D eigenvalue weighted by Crippen LogP contribution is -2.25. The highest BCUT2D eigenvalue weighted by molar-refractivity contribution is 5.82. The number of carbonyl (C=O) groups excluding carboxylic acids is 2. The predicted molar refractivity (Wildman–Crippen MR) is 44.2 cm³/mol. The zero-order chi connectivity index (χ0) is 9.56. The molecule has 0 aliphatic heterocycles. The number of methoxy groups -OCH3 is 1. The van der Waals surface area contributed by atoms with Crippen LogP contribution in [0.15, 0.2) is 0 Å². The van der Waals surface area contributed by atoms with Gasteiger partial charge in [-0.1, -0.05) is 13.3 Å². The Balaban J connectivity index is 3.95. The summed E-state index contributed by atoms with van der Waals surface area (Å²) < 4.78 is 4.43. The number of carbonyl (C=O) groups is 2. The van der Waals surface area contributed by atoms with Crippen molar-refractivity contribution < 1.29 is 14.3 Å². The van der Waals surface area contributed by atoms with Gasteiger partial charge in [0.1, 0.15) is 0 Å². The number of amides is 1. The summed E-state index contributed by atoms with van der Waals surface area (Å²) in [5.74, 6) is -1.18. The number of ether oxygens (including phenoxy) is 1. The molecule has 70 valence electrons. The van der Waals surface area contributed by atoms with E-state index in [1.54, 1.807) is 0 Å². The van der Waals surface area contributed by atoms with E-state index in [2.05, 4.69) is 4.74 Å². The molecular weight excluding hydrogens is 158 g/mol. The number of primary amides is 1. The maximum absolute atomic E-state index is 10.8. The second-order valence-corrected chi connectivity index (χ2v) is 2.67. The normalized spacial score (nSPS) is 12.2. The molecule has 0 aromatic rings. The molecule has 4 heteroatoms. The quantitative estimate of drug-likeness (QED) is 0.614. The predicted octanol–water partition coefficient (Wildman–Crippen LogP) is 0.451. The van der Waals surface area contributed by atoms with E-state index in [0.717, 1.165) is 6.42 Å². The number of rotatable bonds is 5. The molecule has 1 amide bonds.